The van der Waals surface area contributed by atoms with Crippen molar-refractivity contribution in [3.05, 3.63) is 0 Å². The van der Waals surface area contributed by atoms with E-state index in [4.69, 9.17) is 0 Å². The number of hydrogen-bond acceptors (Lipinski definition) is 3. The maximum Gasteiger partial charge on any atom is 0.245 e. The predicted octanol–water partition coefficient (Wildman–Crippen LogP) is 1.48. The number of likely N-dealkylation sites (tertiary alicyclic amines) is 2. The van der Waals surface area contributed by atoms with Gasteiger partial charge in [-0.05, 0) is 57.0 Å². The fourth-order valence-electron chi connectivity index (χ4n) is 4.43. The Balaban J connectivity index is 1.66. The van der Waals surface area contributed by atoms with Crippen LogP contribution in [0.2, 0.25) is 0 Å². The van der Waals surface area contributed by atoms with Gasteiger partial charge in [-0.25, -0.2) is 0 Å². The maximum absolute atomic E-state index is 13.1. The summed E-state index contributed by atoms with van der Waals surface area (Å²) in [6.45, 7) is 8.54. The highest BCUT2D eigenvalue weighted by Crippen LogP contribution is 2.28. The summed E-state index contributed by atoms with van der Waals surface area (Å²) < 4.78 is 0. The number of hydrogen-bond donors (Lipinski definition) is 1. The molecule has 3 heterocycles. The van der Waals surface area contributed by atoms with Gasteiger partial charge in [0.15, 0.2) is 0 Å². The van der Waals surface area contributed by atoms with E-state index in [9.17, 15) is 9.59 Å². The minimum Gasteiger partial charge on any atom is -0.341 e. The number of carbonyl (C=O) groups excluding carboxylic acids is 2. The molecule has 0 aromatic rings. The molecular weight excluding hydrogens is 290 g/mol. The normalized spacial score (nSPS) is 31.9. The summed E-state index contributed by atoms with van der Waals surface area (Å²) >= 11 is 0. The van der Waals surface area contributed by atoms with E-state index in [2.05, 4.69) is 10.2 Å². The predicted molar refractivity (Wildman–Crippen MR) is 89.9 cm³/mol. The van der Waals surface area contributed by atoms with Crippen LogP contribution in [-0.4, -0.2) is 60.4 Å². The topological polar surface area (TPSA) is 52.7 Å². The van der Waals surface area contributed by atoms with Crippen molar-refractivity contribution in [2.24, 2.45) is 17.8 Å². The van der Waals surface area contributed by atoms with Gasteiger partial charge in [-0.15, -0.1) is 0 Å². The third-order valence-corrected chi connectivity index (χ3v) is 5.90. The van der Waals surface area contributed by atoms with Crippen molar-refractivity contribution in [1.82, 2.24) is 15.1 Å². The van der Waals surface area contributed by atoms with Gasteiger partial charge in [-0.1, -0.05) is 13.8 Å². The van der Waals surface area contributed by atoms with Crippen LogP contribution >= 0.6 is 0 Å². The van der Waals surface area contributed by atoms with E-state index in [0.29, 0.717) is 0 Å². The summed E-state index contributed by atoms with van der Waals surface area (Å²) in [4.78, 5) is 29.5. The van der Waals surface area contributed by atoms with Crippen molar-refractivity contribution >= 4 is 11.8 Å². The van der Waals surface area contributed by atoms with Gasteiger partial charge in [0.2, 0.25) is 11.8 Å². The third-order valence-electron chi connectivity index (χ3n) is 5.90. The molecule has 3 aliphatic heterocycles. The third kappa shape index (κ3) is 3.54. The fourth-order valence-corrected chi connectivity index (χ4v) is 4.43. The van der Waals surface area contributed by atoms with Crippen LogP contribution in [0.1, 0.15) is 46.0 Å². The molecule has 0 aliphatic carbocycles. The molecule has 0 aromatic heterocycles. The largest absolute Gasteiger partial charge is 0.341 e. The number of amides is 2. The highest BCUT2D eigenvalue weighted by molar-refractivity contribution is 5.88. The van der Waals surface area contributed by atoms with Gasteiger partial charge >= 0.3 is 0 Å². The second kappa shape index (κ2) is 7.20. The smallest absolute Gasteiger partial charge is 0.245 e. The first kappa shape index (κ1) is 16.7. The summed E-state index contributed by atoms with van der Waals surface area (Å²) in [6, 6.07) is -0.213. The number of rotatable bonds is 2. The zero-order valence-corrected chi connectivity index (χ0v) is 14.6. The summed E-state index contributed by atoms with van der Waals surface area (Å²) in [7, 11) is 0. The van der Waals surface area contributed by atoms with Gasteiger partial charge in [0.1, 0.15) is 6.04 Å². The van der Waals surface area contributed by atoms with E-state index in [1.54, 1.807) is 0 Å². The van der Waals surface area contributed by atoms with E-state index in [0.717, 1.165) is 76.7 Å². The zero-order chi connectivity index (χ0) is 16.4. The first-order chi connectivity index (χ1) is 11.1. The first-order valence-electron chi connectivity index (χ1n) is 9.38. The average Bonchev–Trinajstić information content (AvgIpc) is 2.92. The lowest BCUT2D eigenvalue weighted by molar-refractivity contribution is -0.149. The van der Waals surface area contributed by atoms with Crippen molar-refractivity contribution < 1.29 is 9.59 Å². The van der Waals surface area contributed by atoms with Crippen LogP contribution in [0.3, 0.4) is 0 Å². The van der Waals surface area contributed by atoms with Crippen LogP contribution in [-0.2, 0) is 9.59 Å². The molecule has 5 heteroatoms. The van der Waals surface area contributed by atoms with Gasteiger partial charge in [0, 0.05) is 25.6 Å². The molecule has 3 fully saturated rings. The molecule has 0 radical (unpaired) electrons. The fraction of sp³-hybridized carbons (Fsp3) is 0.889. The summed E-state index contributed by atoms with van der Waals surface area (Å²) in [5.74, 6) is 1.77. The molecule has 0 bridgehead atoms. The Hall–Kier alpha value is -1.10. The van der Waals surface area contributed by atoms with Crippen molar-refractivity contribution in [2.45, 2.75) is 52.0 Å². The number of nitrogens with one attached hydrogen (secondary N) is 1. The number of piperidine rings is 1. The van der Waals surface area contributed by atoms with Gasteiger partial charge in [-0.2, -0.15) is 0 Å². The van der Waals surface area contributed by atoms with Crippen molar-refractivity contribution in [3.8, 4) is 0 Å². The van der Waals surface area contributed by atoms with Crippen LogP contribution in [0.5, 0.6) is 0 Å². The Kier molecular flexibility index (Phi) is 5.24. The molecule has 130 valence electrons. The van der Waals surface area contributed by atoms with E-state index >= 15 is 0 Å². The minimum absolute atomic E-state index is 0.0297. The highest BCUT2D eigenvalue weighted by Gasteiger charge is 2.37. The molecule has 3 saturated heterocycles. The standard InChI is InChI=1S/C18H31N3O2/c1-13(2)17(22)21-8-4-3-5-16(21)18(23)20-9-6-14-11-19-12-15(14)7-10-20/h13-16,19H,3-12H2,1-2H3/t14-,15+,16?. The quantitative estimate of drug-likeness (QED) is 0.838. The molecule has 0 spiro atoms. The summed E-state index contributed by atoms with van der Waals surface area (Å²) in [6.07, 6.45) is 5.13. The molecule has 3 aliphatic rings. The Morgan fingerprint density at radius 3 is 2.22 bits per heavy atom. The van der Waals surface area contributed by atoms with Crippen LogP contribution in [0.4, 0.5) is 0 Å². The minimum atomic E-state index is -0.213. The van der Waals surface area contributed by atoms with Crippen LogP contribution in [0.15, 0.2) is 0 Å². The second-order valence-electron chi connectivity index (χ2n) is 7.78. The Morgan fingerprint density at radius 2 is 1.61 bits per heavy atom. The average molecular weight is 321 g/mol. The molecule has 1 unspecified atom stereocenters. The van der Waals surface area contributed by atoms with Crippen LogP contribution in [0, 0.1) is 17.8 Å². The molecule has 3 rings (SSSR count). The van der Waals surface area contributed by atoms with Crippen LogP contribution < -0.4 is 5.32 Å². The summed E-state index contributed by atoms with van der Waals surface area (Å²) in [5.41, 5.74) is 0. The molecule has 5 nitrogen and oxygen atoms in total. The SMILES string of the molecule is CC(C)C(=O)N1CCCCC1C(=O)N1CC[C@@H]2CNC[C@@H]2CC1. The second-order valence-corrected chi connectivity index (χ2v) is 7.78. The molecule has 0 saturated carbocycles. The molecule has 2 amide bonds. The lowest BCUT2D eigenvalue weighted by atomic mass is 9.92. The van der Waals surface area contributed by atoms with E-state index in [1.807, 2.05) is 18.7 Å². The van der Waals surface area contributed by atoms with Crippen LogP contribution in [0.25, 0.3) is 0 Å². The van der Waals surface area contributed by atoms with Gasteiger partial charge in [-0.3, -0.25) is 9.59 Å². The number of nitrogens with zero attached hydrogens (tertiary/aromatic N) is 2. The molecule has 0 aromatic carbocycles. The van der Waals surface area contributed by atoms with E-state index in [-0.39, 0.29) is 23.8 Å². The lowest BCUT2D eigenvalue weighted by Crippen LogP contribution is -2.54. The van der Waals surface area contributed by atoms with Crippen molar-refractivity contribution in [2.75, 3.05) is 32.7 Å². The monoisotopic (exact) mass is 321 g/mol. The highest BCUT2D eigenvalue weighted by atomic mass is 16.2. The maximum atomic E-state index is 13.1. The molecule has 23 heavy (non-hydrogen) atoms. The Bertz CT molecular complexity index is 438. The number of fused-ring (bicyclic) bond motifs is 1. The molecular formula is C18H31N3O2. The first-order valence-corrected chi connectivity index (χ1v) is 9.38. The Morgan fingerprint density at radius 1 is 0.957 bits per heavy atom. The van der Waals surface area contributed by atoms with E-state index in [1.165, 1.54) is 0 Å². The van der Waals surface area contributed by atoms with Gasteiger partial charge in [0.05, 0.1) is 0 Å². The summed E-state index contributed by atoms with van der Waals surface area (Å²) in [5, 5.41) is 3.48. The van der Waals surface area contributed by atoms with Gasteiger partial charge in [0.25, 0.3) is 0 Å². The molecule has 1 N–H and O–H groups in total. The van der Waals surface area contributed by atoms with E-state index < -0.39 is 0 Å². The van der Waals surface area contributed by atoms with Crippen molar-refractivity contribution in [3.63, 3.8) is 0 Å². The van der Waals surface area contributed by atoms with Crippen molar-refractivity contribution in [1.29, 1.82) is 0 Å². The molecule has 3 atom stereocenters. The Labute approximate surface area is 139 Å². The number of carbonyl (C=O) groups is 2. The van der Waals surface area contributed by atoms with Gasteiger partial charge < -0.3 is 15.1 Å². The lowest BCUT2D eigenvalue weighted by Gasteiger charge is -2.38. The zero-order valence-electron chi connectivity index (χ0n) is 14.6.